The van der Waals surface area contributed by atoms with E-state index >= 15 is 0 Å². The van der Waals surface area contributed by atoms with Crippen LogP contribution in [-0.4, -0.2) is 20.6 Å². The molecule has 6 nitrogen and oxygen atoms in total. The molecule has 0 saturated carbocycles. The van der Waals surface area contributed by atoms with Crippen LogP contribution in [0.3, 0.4) is 0 Å². The van der Waals surface area contributed by atoms with E-state index in [1.165, 1.54) is 11.8 Å². The molecule has 0 aliphatic rings. The highest BCUT2D eigenvalue weighted by molar-refractivity contribution is 9.10. The van der Waals surface area contributed by atoms with Gasteiger partial charge in [-0.15, -0.1) is 0 Å². The predicted octanol–water partition coefficient (Wildman–Crippen LogP) is 2.34. The second-order valence-corrected chi connectivity index (χ2v) is 4.94. The Morgan fingerprint density at radius 3 is 2.88 bits per heavy atom. The number of benzene rings is 1. The summed E-state index contributed by atoms with van der Waals surface area (Å²) in [6, 6.07) is 7.50. The van der Waals surface area contributed by atoms with Crippen molar-refractivity contribution >= 4 is 38.6 Å². The molecule has 1 heterocycles. The van der Waals surface area contributed by atoms with Crippen molar-refractivity contribution in [3.05, 3.63) is 34.4 Å². The summed E-state index contributed by atoms with van der Waals surface area (Å²) in [5.41, 5.74) is 5.74. The zero-order valence-corrected chi connectivity index (χ0v) is 10.8. The van der Waals surface area contributed by atoms with Crippen LogP contribution in [0, 0.1) is 0 Å². The van der Waals surface area contributed by atoms with Gasteiger partial charge in [-0.3, -0.25) is 0 Å². The summed E-state index contributed by atoms with van der Waals surface area (Å²) in [5.74, 6) is 0.0836. The fraction of sp³-hybridized carbons (Fsp3) is 0. The molecule has 88 valence electrons. The maximum atomic E-state index is 8.94. The van der Waals surface area contributed by atoms with E-state index in [4.69, 9.17) is 10.9 Å². The lowest BCUT2D eigenvalue weighted by Gasteiger charge is -2.01. The topological polar surface area (TPSA) is 97.5 Å². The molecule has 8 heteroatoms. The normalized spacial score (nSPS) is 11.7. The molecule has 2 rings (SSSR count). The molecule has 0 bridgehead atoms. The summed E-state index contributed by atoms with van der Waals surface area (Å²) in [6.45, 7) is 0. The number of rotatable bonds is 2. The van der Waals surface area contributed by atoms with Gasteiger partial charge in [0, 0.05) is 9.37 Å². The van der Waals surface area contributed by atoms with E-state index in [-0.39, 0.29) is 16.6 Å². The number of anilines is 1. The van der Waals surface area contributed by atoms with E-state index in [2.05, 4.69) is 36.0 Å². The Kier molecular flexibility index (Phi) is 3.64. The zero-order chi connectivity index (χ0) is 12.3. The molecular weight excluding hydrogens is 308 g/mol. The summed E-state index contributed by atoms with van der Waals surface area (Å²) >= 11 is 4.55. The summed E-state index contributed by atoms with van der Waals surface area (Å²) in [7, 11) is 0. The molecule has 0 unspecified atom stereocenters. The molecule has 3 N–H and O–H groups in total. The molecule has 17 heavy (non-hydrogen) atoms. The monoisotopic (exact) mass is 314 g/mol. The van der Waals surface area contributed by atoms with E-state index < -0.39 is 0 Å². The minimum atomic E-state index is 0.0836. The van der Waals surface area contributed by atoms with Crippen LogP contribution in [0.1, 0.15) is 5.69 Å². The molecule has 0 amide bonds. The van der Waals surface area contributed by atoms with E-state index in [1.54, 1.807) is 0 Å². The van der Waals surface area contributed by atoms with Gasteiger partial charge >= 0.3 is 0 Å². The number of aromatic nitrogens is 2. The number of nitrogens with two attached hydrogens (primary N) is 1. The molecule has 0 atom stereocenters. The minimum absolute atomic E-state index is 0.0836. The van der Waals surface area contributed by atoms with Gasteiger partial charge in [0.15, 0.2) is 16.6 Å². The van der Waals surface area contributed by atoms with E-state index in [0.29, 0.717) is 0 Å². The minimum Gasteiger partial charge on any atom is -0.410 e. The number of nitrogen functional groups attached to an aromatic ring is 1. The lowest BCUT2D eigenvalue weighted by molar-refractivity contribution is 0.306. The average Bonchev–Trinajstić information content (AvgIpc) is 2.72. The van der Waals surface area contributed by atoms with Crippen molar-refractivity contribution in [2.24, 2.45) is 5.16 Å². The Morgan fingerprint density at radius 1 is 1.47 bits per heavy atom. The first kappa shape index (κ1) is 11.9. The molecule has 1 aromatic heterocycles. The molecule has 2 aromatic rings. The highest BCUT2D eigenvalue weighted by Gasteiger charge is 2.16. The van der Waals surface area contributed by atoms with Gasteiger partial charge in [-0.25, -0.2) is 4.63 Å². The third-order valence-corrected chi connectivity index (χ3v) is 3.27. The quantitative estimate of drug-likeness (QED) is 0.290. The Bertz CT molecular complexity index is 557. The summed E-state index contributed by atoms with van der Waals surface area (Å²) in [5, 5.41) is 19.3. The van der Waals surface area contributed by atoms with Crippen LogP contribution >= 0.6 is 27.7 Å². The first-order valence-corrected chi connectivity index (χ1v) is 6.05. The number of hydrogen-bond acceptors (Lipinski definition) is 7. The van der Waals surface area contributed by atoms with Crippen LogP contribution in [0.5, 0.6) is 0 Å². The Labute approximate surface area is 109 Å². The van der Waals surface area contributed by atoms with Crippen LogP contribution in [0.25, 0.3) is 0 Å². The first-order chi connectivity index (χ1) is 8.20. The van der Waals surface area contributed by atoms with Gasteiger partial charge in [0.1, 0.15) is 0 Å². The number of nitrogens with zero attached hydrogens (tertiary/aromatic N) is 3. The number of halogens is 1. The lowest BCUT2D eigenvalue weighted by Crippen LogP contribution is -2.01. The van der Waals surface area contributed by atoms with Crippen LogP contribution in [0.4, 0.5) is 5.82 Å². The number of oxime groups is 1. The maximum Gasteiger partial charge on any atom is 0.198 e. The molecule has 0 spiro atoms. The Balaban J connectivity index is 2.26. The zero-order valence-electron chi connectivity index (χ0n) is 8.37. The first-order valence-electron chi connectivity index (χ1n) is 4.44. The molecule has 1 aromatic carbocycles. The molecule has 0 fully saturated rings. The third-order valence-electron chi connectivity index (χ3n) is 1.82. The van der Waals surface area contributed by atoms with Gasteiger partial charge in [-0.1, -0.05) is 38.9 Å². The van der Waals surface area contributed by atoms with Crippen LogP contribution in [0.15, 0.2) is 43.4 Å². The molecule has 0 aliphatic heterocycles. The fourth-order valence-corrected chi connectivity index (χ4v) is 2.49. The fourth-order valence-electron chi connectivity index (χ4n) is 1.10. The maximum absolute atomic E-state index is 8.94. The Hall–Kier alpha value is -1.54. The van der Waals surface area contributed by atoms with Gasteiger partial charge in [0.25, 0.3) is 0 Å². The second kappa shape index (κ2) is 5.19. The van der Waals surface area contributed by atoms with Crippen LogP contribution in [0.2, 0.25) is 0 Å². The van der Waals surface area contributed by atoms with E-state index in [1.807, 2.05) is 24.3 Å². The van der Waals surface area contributed by atoms with Gasteiger partial charge in [0.05, 0.1) is 0 Å². The van der Waals surface area contributed by atoms with Gasteiger partial charge in [-0.05, 0) is 28.5 Å². The lowest BCUT2D eigenvalue weighted by atomic mass is 10.4. The smallest absolute Gasteiger partial charge is 0.198 e. The van der Waals surface area contributed by atoms with Crippen molar-refractivity contribution in [2.45, 2.75) is 4.90 Å². The van der Waals surface area contributed by atoms with Crippen molar-refractivity contribution in [1.29, 1.82) is 0 Å². The predicted molar refractivity (Wildman–Crippen MR) is 67.0 cm³/mol. The third kappa shape index (κ3) is 2.77. The number of thioether (sulfide) groups is 1. The van der Waals surface area contributed by atoms with Crippen molar-refractivity contribution in [2.75, 3.05) is 5.73 Å². The molecule has 0 saturated heterocycles. The van der Waals surface area contributed by atoms with E-state index in [9.17, 15) is 0 Å². The van der Waals surface area contributed by atoms with Crippen molar-refractivity contribution in [3.63, 3.8) is 0 Å². The Morgan fingerprint density at radius 2 is 2.29 bits per heavy atom. The van der Waals surface area contributed by atoms with Crippen molar-refractivity contribution in [1.82, 2.24) is 10.3 Å². The molecular formula is C9H7BrN4O2S. The summed E-state index contributed by atoms with van der Waals surface area (Å²) < 4.78 is 5.37. The van der Waals surface area contributed by atoms with E-state index in [0.717, 1.165) is 9.37 Å². The standard InChI is InChI=1S/C9H7BrN4O2S/c10-5-2-1-3-6(4-5)17-9(12-15)7-8(11)14-16-13-7/h1-4,15H,(H2,11,14)/b12-9-. The van der Waals surface area contributed by atoms with Crippen LogP contribution in [-0.2, 0) is 0 Å². The van der Waals surface area contributed by atoms with Crippen molar-refractivity contribution < 1.29 is 9.84 Å². The number of hydrogen-bond donors (Lipinski definition) is 2. The second-order valence-electron chi connectivity index (χ2n) is 2.96. The molecule has 0 radical (unpaired) electrons. The van der Waals surface area contributed by atoms with Gasteiger partial charge < -0.3 is 10.9 Å². The highest BCUT2D eigenvalue weighted by atomic mass is 79.9. The van der Waals surface area contributed by atoms with Gasteiger partial charge in [-0.2, -0.15) is 0 Å². The highest BCUT2D eigenvalue weighted by Crippen LogP contribution is 2.26. The summed E-state index contributed by atoms with van der Waals surface area (Å²) in [4.78, 5) is 0.870. The largest absolute Gasteiger partial charge is 0.410 e. The van der Waals surface area contributed by atoms with Crippen LogP contribution < -0.4 is 5.73 Å². The average molecular weight is 315 g/mol. The van der Waals surface area contributed by atoms with Gasteiger partial charge in [0.2, 0.25) is 0 Å². The summed E-state index contributed by atoms with van der Waals surface area (Å²) in [6.07, 6.45) is 0. The van der Waals surface area contributed by atoms with Crippen molar-refractivity contribution in [3.8, 4) is 0 Å². The molecule has 0 aliphatic carbocycles. The SMILES string of the molecule is Nc1nonc1/C(=N/O)Sc1cccc(Br)c1.